The number of hydrogen-bond donors (Lipinski definition) is 1. The van der Waals surface area contributed by atoms with Gasteiger partial charge in [0.25, 0.3) is 0 Å². The minimum absolute atomic E-state index is 0.0297. The fraction of sp³-hybridized carbons (Fsp3) is 0.357. The van der Waals surface area contributed by atoms with Gasteiger partial charge < -0.3 is 19.8 Å². The smallest absolute Gasteiger partial charge is 0.225 e. The van der Waals surface area contributed by atoms with Crippen LogP contribution in [-0.2, 0) is 11.3 Å². The number of para-hydroxylation sites is 1. The summed E-state index contributed by atoms with van der Waals surface area (Å²) in [5, 5.41) is 0.889. The molecule has 5 nitrogen and oxygen atoms in total. The summed E-state index contributed by atoms with van der Waals surface area (Å²) in [5.74, 6) is 1.28. The lowest BCUT2D eigenvalue weighted by Crippen LogP contribution is -2.23. The van der Waals surface area contributed by atoms with Crippen molar-refractivity contribution in [2.75, 3.05) is 20.7 Å². The molecule has 2 rings (SSSR count). The van der Waals surface area contributed by atoms with E-state index >= 15 is 0 Å². The van der Waals surface area contributed by atoms with E-state index in [1.807, 2.05) is 24.3 Å². The highest BCUT2D eigenvalue weighted by molar-refractivity contribution is 5.85. The Labute approximate surface area is 111 Å². The molecule has 1 heterocycles. The second-order valence-corrected chi connectivity index (χ2v) is 4.44. The topological polar surface area (TPSA) is 68.7 Å². The zero-order valence-corrected chi connectivity index (χ0v) is 11.2. The van der Waals surface area contributed by atoms with Crippen LogP contribution >= 0.6 is 0 Å². The summed E-state index contributed by atoms with van der Waals surface area (Å²) >= 11 is 0. The first-order valence-electron chi connectivity index (χ1n) is 6.17. The summed E-state index contributed by atoms with van der Waals surface area (Å²) < 4.78 is 11.3. The number of hydrogen-bond acceptors (Lipinski definition) is 4. The first kappa shape index (κ1) is 13.4. The van der Waals surface area contributed by atoms with E-state index in [1.165, 1.54) is 0 Å². The number of fused-ring (bicyclic) bond motifs is 1. The highest BCUT2D eigenvalue weighted by Gasteiger charge is 2.14. The summed E-state index contributed by atoms with van der Waals surface area (Å²) in [6.45, 7) is 0.583. The number of amides is 1. The molecule has 0 aliphatic heterocycles. The van der Waals surface area contributed by atoms with Crippen molar-refractivity contribution in [3.8, 4) is 5.75 Å². The Morgan fingerprint density at radius 2 is 2.11 bits per heavy atom. The van der Waals surface area contributed by atoms with E-state index in [-0.39, 0.29) is 12.5 Å². The van der Waals surface area contributed by atoms with Gasteiger partial charge in [-0.15, -0.1) is 0 Å². The quantitative estimate of drug-likeness (QED) is 0.891. The van der Waals surface area contributed by atoms with Crippen LogP contribution in [0.4, 0.5) is 0 Å². The Kier molecular flexibility index (Phi) is 4.06. The van der Waals surface area contributed by atoms with Crippen LogP contribution in [0.2, 0.25) is 0 Å². The Balaban J connectivity index is 2.13. The van der Waals surface area contributed by atoms with Crippen molar-refractivity contribution in [1.82, 2.24) is 4.90 Å². The van der Waals surface area contributed by atoms with E-state index in [2.05, 4.69) is 0 Å². The highest BCUT2D eigenvalue weighted by Crippen LogP contribution is 2.32. The number of carbonyl (C=O) groups excluding carboxylic acids is 1. The molecule has 0 radical (unpaired) electrons. The fourth-order valence-corrected chi connectivity index (χ4v) is 1.83. The van der Waals surface area contributed by atoms with Crippen molar-refractivity contribution >= 4 is 16.9 Å². The molecule has 0 fully saturated rings. The molecule has 19 heavy (non-hydrogen) atoms. The van der Waals surface area contributed by atoms with Gasteiger partial charge in [0, 0.05) is 14.1 Å². The molecule has 2 N–H and O–H groups in total. The van der Waals surface area contributed by atoms with Gasteiger partial charge in [0.1, 0.15) is 5.58 Å². The van der Waals surface area contributed by atoms with Gasteiger partial charge in [0.05, 0.1) is 25.0 Å². The Morgan fingerprint density at radius 1 is 1.37 bits per heavy atom. The first-order chi connectivity index (χ1) is 9.13. The summed E-state index contributed by atoms with van der Waals surface area (Å²) in [6.07, 6.45) is 0.330. The molecule has 2 aromatic rings. The van der Waals surface area contributed by atoms with Crippen LogP contribution in [-0.4, -0.2) is 31.5 Å². The van der Waals surface area contributed by atoms with Gasteiger partial charge in [0.2, 0.25) is 5.91 Å². The van der Waals surface area contributed by atoms with E-state index in [1.54, 1.807) is 19.0 Å². The van der Waals surface area contributed by atoms with Gasteiger partial charge in [-0.05, 0) is 12.1 Å². The lowest BCUT2D eigenvalue weighted by Gasteiger charge is -2.10. The molecule has 0 spiro atoms. The number of furan rings is 1. The molecule has 0 saturated carbocycles. The van der Waals surface area contributed by atoms with Crippen molar-refractivity contribution in [3.05, 3.63) is 30.0 Å². The molecule has 0 bridgehead atoms. The molecule has 0 aliphatic rings. The maximum atomic E-state index is 11.5. The van der Waals surface area contributed by atoms with Crippen molar-refractivity contribution in [2.45, 2.75) is 13.0 Å². The zero-order valence-electron chi connectivity index (χ0n) is 11.2. The Hall–Kier alpha value is -2.01. The summed E-state index contributed by atoms with van der Waals surface area (Å²) in [6, 6.07) is 7.59. The van der Waals surface area contributed by atoms with Crippen LogP contribution < -0.4 is 10.5 Å². The number of carbonyl (C=O) groups is 1. The van der Waals surface area contributed by atoms with Crippen molar-refractivity contribution in [2.24, 2.45) is 5.73 Å². The molecule has 0 unspecified atom stereocenters. The van der Waals surface area contributed by atoms with E-state index in [4.69, 9.17) is 14.9 Å². The van der Waals surface area contributed by atoms with Gasteiger partial charge in [-0.3, -0.25) is 4.79 Å². The molecule has 1 aromatic heterocycles. The molecule has 102 valence electrons. The average molecular weight is 262 g/mol. The predicted octanol–water partition coefficient (Wildman–Crippen LogP) is 1.75. The lowest BCUT2D eigenvalue weighted by atomic mass is 10.2. The second-order valence-electron chi connectivity index (χ2n) is 4.44. The van der Waals surface area contributed by atoms with Crippen molar-refractivity contribution in [1.29, 1.82) is 0 Å². The van der Waals surface area contributed by atoms with E-state index in [9.17, 15) is 4.79 Å². The van der Waals surface area contributed by atoms with Crippen LogP contribution in [0.3, 0.4) is 0 Å². The molecular formula is C14H18N2O3. The number of benzene rings is 1. The predicted molar refractivity (Wildman–Crippen MR) is 72.9 cm³/mol. The van der Waals surface area contributed by atoms with Crippen molar-refractivity contribution < 1.29 is 13.9 Å². The molecule has 1 amide bonds. The Morgan fingerprint density at radius 3 is 2.79 bits per heavy atom. The SMILES string of the molecule is CN(C)C(=O)CCOc1c(CN)oc2ccccc12. The van der Waals surface area contributed by atoms with Gasteiger partial charge in [0.15, 0.2) is 11.5 Å². The van der Waals surface area contributed by atoms with Crippen LogP contribution in [0.1, 0.15) is 12.2 Å². The average Bonchev–Trinajstić information content (AvgIpc) is 2.76. The number of rotatable bonds is 5. The van der Waals surface area contributed by atoms with E-state index < -0.39 is 0 Å². The zero-order chi connectivity index (χ0) is 13.8. The number of nitrogens with zero attached hydrogens (tertiary/aromatic N) is 1. The first-order valence-corrected chi connectivity index (χ1v) is 6.17. The number of ether oxygens (including phenoxy) is 1. The summed E-state index contributed by atoms with van der Waals surface area (Å²) in [7, 11) is 3.45. The third-order valence-corrected chi connectivity index (χ3v) is 2.86. The van der Waals surface area contributed by atoms with Gasteiger partial charge in [-0.2, -0.15) is 0 Å². The van der Waals surface area contributed by atoms with E-state index in [0.717, 1.165) is 11.0 Å². The minimum Gasteiger partial charge on any atom is -0.489 e. The monoisotopic (exact) mass is 262 g/mol. The maximum Gasteiger partial charge on any atom is 0.225 e. The van der Waals surface area contributed by atoms with Gasteiger partial charge >= 0.3 is 0 Å². The number of nitrogens with two attached hydrogens (primary N) is 1. The van der Waals surface area contributed by atoms with Crippen LogP contribution in [0.5, 0.6) is 5.75 Å². The summed E-state index contributed by atoms with van der Waals surface area (Å²) in [4.78, 5) is 13.0. The molecular weight excluding hydrogens is 244 g/mol. The van der Waals surface area contributed by atoms with E-state index in [0.29, 0.717) is 24.5 Å². The largest absolute Gasteiger partial charge is 0.489 e. The molecule has 1 aromatic carbocycles. The maximum absolute atomic E-state index is 11.5. The van der Waals surface area contributed by atoms with Crippen LogP contribution in [0.25, 0.3) is 11.0 Å². The fourth-order valence-electron chi connectivity index (χ4n) is 1.83. The third-order valence-electron chi connectivity index (χ3n) is 2.86. The second kappa shape index (κ2) is 5.75. The van der Waals surface area contributed by atoms with Crippen LogP contribution in [0, 0.1) is 0 Å². The summed E-state index contributed by atoms with van der Waals surface area (Å²) in [5.41, 5.74) is 6.39. The highest BCUT2D eigenvalue weighted by atomic mass is 16.5. The molecule has 0 aliphatic carbocycles. The van der Waals surface area contributed by atoms with Crippen molar-refractivity contribution in [3.63, 3.8) is 0 Å². The van der Waals surface area contributed by atoms with Gasteiger partial charge in [-0.25, -0.2) is 0 Å². The lowest BCUT2D eigenvalue weighted by molar-refractivity contribution is -0.129. The Bertz CT molecular complexity index is 575. The van der Waals surface area contributed by atoms with Crippen LogP contribution in [0.15, 0.2) is 28.7 Å². The third kappa shape index (κ3) is 2.88. The minimum atomic E-state index is 0.0297. The standard InChI is InChI=1S/C14H18N2O3/c1-16(2)13(17)7-8-18-14-10-5-3-4-6-11(10)19-12(14)9-15/h3-6H,7-9,15H2,1-2H3. The van der Waals surface area contributed by atoms with Gasteiger partial charge in [-0.1, -0.05) is 12.1 Å². The molecule has 0 atom stereocenters. The molecule has 0 saturated heterocycles. The normalized spacial score (nSPS) is 10.7. The molecule has 5 heteroatoms.